The van der Waals surface area contributed by atoms with Crippen LogP contribution in [0.15, 0.2) is 23.9 Å². The number of carbonyl (C=O) groups is 1. The lowest BCUT2D eigenvalue weighted by molar-refractivity contribution is -0.111. The minimum atomic E-state index is 0.0975. The molecular weight excluding hydrogens is 140 g/mol. The van der Waals surface area contributed by atoms with Crippen molar-refractivity contribution in [1.29, 1.82) is 0 Å². The van der Waals surface area contributed by atoms with Gasteiger partial charge in [0.1, 0.15) is 0 Å². The van der Waals surface area contributed by atoms with Gasteiger partial charge in [0.25, 0.3) is 0 Å². The Labute approximate surface area is 66.1 Å². The van der Waals surface area contributed by atoms with Crippen LogP contribution in [0.3, 0.4) is 0 Å². The van der Waals surface area contributed by atoms with Crippen LogP contribution in [0.5, 0.6) is 0 Å². The van der Waals surface area contributed by atoms with Crippen LogP contribution in [-0.2, 0) is 4.79 Å². The number of carbonyl (C=O) groups excluding carboxylic acids is 1. The maximum absolute atomic E-state index is 11.1. The Kier molecular flexibility index (Phi) is 2.44. The molecule has 0 fully saturated rings. The lowest BCUT2D eigenvalue weighted by Gasteiger charge is -2.03. The van der Waals surface area contributed by atoms with Gasteiger partial charge in [-0.2, -0.15) is 0 Å². The molecular formula is C8H12N2O. The summed E-state index contributed by atoms with van der Waals surface area (Å²) in [6, 6.07) is 0. The van der Waals surface area contributed by atoms with Crippen molar-refractivity contribution in [2.24, 2.45) is 5.92 Å². The van der Waals surface area contributed by atoms with E-state index in [0.717, 1.165) is 5.57 Å². The molecule has 3 nitrogen and oxygen atoms in total. The molecule has 0 saturated carbocycles. The third-order valence-electron chi connectivity index (χ3n) is 1.68. The van der Waals surface area contributed by atoms with Gasteiger partial charge in [-0.3, -0.25) is 4.79 Å². The molecule has 0 radical (unpaired) electrons. The van der Waals surface area contributed by atoms with E-state index in [1.54, 1.807) is 19.3 Å². The summed E-state index contributed by atoms with van der Waals surface area (Å²) in [5, 5.41) is 0. The van der Waals surface area contributed by atoms with Gasteiger partial charge >= 0.3 is 0 Å². The molecule has 0 aromatic rings. The van der Waals surface area contributed by atoms with E-state index in [1.165, 1.54) is 0 Å². The summed E-state index contributed by atoms with van der Waals surface area (Å²) in [4.78, 5) is 11.1. The van der Waals surface area contributed by atoms with Crippen molar-refractivity contribution in [3.63, 3.8) is 0 Å². The topological polar surface area (TPSA) is 41.1 Å². The molecule has 0 unspecified atom stereocenters. The van der Waals surface area contributed by atoms with Crippen molar-refractivity contribution >= 4 is 5.78 Å². The molecule has 11 heavy (non-hydrogen) atoms. The molecule has 0 aromatic carbocycles. The second-order valence-electron chi connectivity index (χ2n) is 2.51. The zero-order valence-corrected chi connectivity index (χ0v) is 6.72. The van der Waals surface area contributed by atoms with Crippen LogP contribution in [0.4, 0.5) is 0 Å². The molecule has 1 aliphatic carbocycles. The fraction of sp³-hybridized carbons (Fsp3) is 0.375. The highest BCUT2D eigenvalue weighted by Gasteiger charge is 2.17. The van der Waals surface area contributed by atoms with Crippen LogP contribution >= 0.6 is 0 Å². The van der Waals surface area contributed by atoms with Crippen molar-refractivity contribution in [3.05, 3.63) is 23.9 Å². The smallest absolute Gasteiger partial charge is 0.183 e. The summed E-state index contributed by atoms with van der Waals surface area (Å²) >= 11 is 0. The minimum Gasteiger partial charge on any atom is -0.329 e. The van der Waals surface area contributed by atoms with Gasteiger partial charge in [0.2, 0.25) is 0 Å². The van der Waals surface area contributed by atoms with Gasteiger partial charge < -0.3 is 5.43 Å². The van der Waals surface area contributed by atoms with E-state index < -0.39 is 0 Å². The summed E-state index contributed by atoms with van der Waals surface area (Å²) in [6.07, 6.45) is 5.20. The minimum absolute atomic E-state index is 0.0975. The Bertz CT molecular complexity index is 218. The number of rotatable bonds is 2. The molecule has 3 heteroatoms. The summed E-state index contributed by atoms with van der Waals surface area (Å²) in [5.41, 5.74) is 6.31. The predicted octanol–water partition coefficient (Wildman–Crippen LogP) is 0.369. The van der Waals surface area contributed by atoms with Crippen molar-refractivity contribution in [1.82, 2.24) is 10.9 Å². The van der Waals surface area contributed by atoms with Gasteiger partial charge in [0.15, 0.2) is 5.78 Å². The summed E-state index contributed by atoms with van der Waals surface area (Å²) in [7, 11) is 1.76. The first-order valence-corrected chi connectivity index (χ1v) is 3.60. The fourth-order valence-corrected chi connectivity index (χ4v) is 1.01. The Morgan fingerprint density at radius 1 is 1.64 bits per heavy atom. The van der Waals surface area contributed by atoms with Gasteiger partial charge in [-0.15, -0.1) is 0 Å². The number of hydrazine groups is 1. The average molecular weight is 152 g/mol. The van der Waals surface area contributed by atoms with E-state index in [-0.39, 0.29) is 11.7 Å². The molecule has 1 rings (SSSR count). The lowest BCUT2D eigenvalue weighted by Crippen LogP contribution is -2.22. The summed E-state index contributed by atoms with van der Waals surface area (Å²) in [6.45, 7) is 1.99. The molecule has 60 valence electrons. The van der Waals surface area contributed by atoms with Crippen LogP contribution in [-0.4, -0.2) is 12.8 Å². The van der Waals surface area contributed by atoms with Gasteiger partial charge in [0.05, 0.1) is 0 Å². The van der Waals surface area contributed by atoms with Crippen molar-refractivity contribution in [2.75, 3.05) is 7.05 Å². The van der Waals surface area contributed by atoms with E-state index in [1.807, 2.05) is 13.0 Å². The molecule has 0 amide bonds. The number of hydrogen-bond donors (Lipinski definition) is 2. The summed E-state index contributed by atoms with van der Waals surface area (Å²) < 4.78 is 0. The Hall–Kier alpha value is -1.09. The van der Waals surface area contributed by atoms with Gasteiger partial charge in [-0.05, 0) is 6.08 Å². The molecule has 0 saturated heterocycles. The highest BCUT2D eigenvalue weighted by molar-refractivity contribution is 6.07. The highest BCUT2D eigenvalue weighted by Crippen LogP contribution is 2.19. The van der Waals surface area contributed by atoms with Gasteiger partial charge in [0, 0.05) is 24.7 Å². The number of nitrogens with one attached hydrogen (secondary N) is 2. The number of ketones is 1. The largest absolute Gasteiger partial charge is 0.329 e. The second kappa shape index (κ2) is 3.34. The third-order valence-corrected chi connectivity index (χ3v) is 1.68. The molecule has 0 aromatic heterocycles. The van der Waals surface area contributed by atoms with E-state index in [2.05, 4.69) is 10.9 Å². The second-order valence-corrected chi connectivity index (χ2v) is 2.51. The van der Waals surface area contributed by atoms with Crippen LogP contribution < -0.4 is 10.9 Å². The first-order chi connectivity index (χ1) is 5.25. The zero-order valence-electron chi connectivity index (χ0n) is 6.72. The first kappa shape index (κ1) is 8.01. The fourth-order valence-electron chi connectivity index (χ4n) is 1.01. The van der Waals surface area contributed by atoms with E-state index in [4.69, 9.17) is 0 Å². The molecule has 0 spiro atoms. The first-order valence-electron chi connectivity index (χ1n) is 3.60. The Balaban J connectivity index is 2.65. The van der Waals surface area contributed by atoms with Gasteiger partial charge in [-0.1, -0.05) is 13.0 Å². The van der Waals surface area contributed by atoms with Crippen molar-refractivity contribution < 1.29 is 4.79 Å². The van der Waals surface area contributed by atoms with Crippen LogP contribution in [0.2, 0.25) is 0 Å². The lowest BCUT2D eigenvalue weighted by atomic mass is 10.1. The van der Waals surface area contributed by atoms with E-state index in [0.29, 0.717) is 0 Å². The maximum Gasteiger partial charge on any atom is 0.183 e. The molecule has 0 bridgehead atoms. The molecule has 2 N–H and O–H groups in total. The van der Waals surface area contributed by atoms with Gasteiger partial charge in [-0.25, -0.2) is 5.43 Å². The normalized spacial score (nSPS) is 26.5. The molecule has 1 atom stereocenters. The maximum atomic E-state index is 11.1. The van der Waals surface area contributed by atoms with Crippen LogP contribution in [0.1, 0.15) is 6.92 Å². The SMILES string of the molecule is CNNC=C1C(=O)C=C[C@H]1C. The van der Waals surface area contributed by atoms with E-state index >= 15 is 0 Å². The Morgan fingerprint density at radius 3 is 2.82 bits per heavy atom. The predicted molar refractivity (Wildman–Crippen MR) is 43.6 cm³/mol. The summed E-state index contributed by atoms with van der Waals surface area (Å²) in [5.74, 6) is 0.337. The van der Waals surface area contributed by atoms with E-state index in [9.17, 15) is 4.79 Å². The standard InChI is InChI=1S/C8H12N2O/c1-6-3-4-8(11)7(6)5-10-9-2/h3-6,9-10H,1-2H3/t6-/m1/s1. The highest BCUT2D eigenvalue weighted by atomic mass is 16.1. The van der Waals surface area contributed by atoms with Crippen LogP contribution in [0, 0.1) is 5.92 Å². The third kappa shape index (κ3) is 1.68. The van der Waals surface area contributed by atoms with Crippen molar-refractivity contribution in [2.45, 2.75) is 6.92 Å². The molecule has 0 heterocycles. The quantitative estimate of drug-likeness (QED) is 0.443. The number of allylic oxidation sites excluding steroid dienone is 3. The molecule has 1 aliphatic rings. The Morgan fingerprint density at radius 2 is 2.36 bits per heavy atom. The molecule has 0 aliphatic heterocycles. The van der Waals surface area contributed by atoms with Crippen LogP contribution in [0.25, 0.3) is 0 Å². The van der Waals surface area contributed by atoms with Crippen molar-refractivity contribution in [3.8, 4) is 0 Å². The average Bonchev–Trinajstić information content (AvgIpc) is 2.29. The zero-order chi connectivity index (χ0) is 8.27. The monoisotopic (exact) mass is 152 g/mol. The number of hydrogen-bond acceptors (Lipinski definition) is 3.